The molecule has 1 amide bonds. The first kappa shape index (κ1) is 14.8. The molecule has 116 valence electrons. The van der Waals surface area contributed by atoms with E-state index >= 15 is 0 Å². The third-order valence-electron chi connectivity index (χ3n) is 3.40. The van der Waals surface area contributed by atoms with Gasteiger partial charge in [-0.1, -0.05) is 18.2 Å². The maximum atomic E-state index is 12.7. The molecular formula is C18H16N2O3. The van der Waals surface area contributed by atoms with Crippen LogP contribution in [0.3, 0.4) is 0 Å². The van der Waals surface area contributed by atoms with Crippen LogP contribution in [0.15, 0.2) is 71.5 Å². The van der Waals surface area contributed by atoms with Gasteiger partial charge in [-0.15, -0.1) is 0 Å². The van der Waals surface area contributed by atoms with Crippen molar-refractivity contribution in [2.75, 3.05) is 12.0 Å². The molecule has 2 aromatic heterocycles. The molecule has 0 spiro atoms. The number of carbonyl (C=O) groups excluding carboxylic acids is 1. The molecule has 0 unspecified atom stereocenters. The molecule has 0 aliphatic rings. The molecule has 0 atom stereocenters. The summed E-state index contributed by atoms with van der Waals surface area (Å²) in [5.41, 5.74) is 0.969. The monoisotopic (exact) mass is 308 g/mol. The molecule has 0 radical (unpaired) electrons. The van der Waals surface area contributed by atoms with E-state index in [0.717, 1.165) is 11.3 Å². The van der Waals surface area contributed by atoms with Gasteiger partial charge in [-0.2, -0.15) is 0 Å². The van der Waals surface area contributed by atoms with Crippen LogP contribution in [0.2, 0.25) is 0 Å². The van der Waals surface area contributed by atoms with Crippen molar-refractivity contribution in [2.24, 2.45) is 0 Å². The summed E-state index contributed by atoms with van der Waals surface area (Å²) in [5, 5.41) is 0. The van der Waals surface area contributed by atoms with Gasteiger partial charge in [0.2, 0.25) is 0 Å². The van der Waals surface area contributed by atoms with Crippen LogP contribution in [0.1, 0.15) is 16.1 Å². The van der Waals surface area contributed by atoms with Crippen molar-refractivity contribution >= 4 is 11.7 Å². The first-order chi connectivity index (χ1) is 11.3. The summed E-state index contributed by atoms with van der Waals surface area (Å²) in [6.07, 6.45) is 3.14. The number of amides is 1. The van der Waals surface area contributed by atoms with Gasteiger partial charge in [0.15, 0.2) is 5.76 Å². The first-order valence-electron chi connectivity index (χ1n) is 7.17. The molecule has 0 aliphatic carbocycles. The van der Waals surface area contributed by atoms with E-state index in [1.54, 1.807) is 36.4 Å². The molecule has 1 aromatic carbocycles. The van der Waals surface area contributed by atoms with E-state index in [2.05, 4.69) is 4.98 Å². The first-order valence-corrected chi connectivity index (χ1v) is 7.17. The minimum atomic E-state index is -0.232. The summed E-state index contributed by atoms with van der Waals surface area (Å²) in [6.45, 7) is 0.389. The lowest BCUT2D eigenvalue weighted by Gasteiger charge is -2.21. The zero-order valence-corrected chi connectivity index (χ0v) is 12.7. The summed E-state index contributed by atoms with van der Waals surface area (Å²) in [6, 6.07) is 16.4. The summed E-state index contributed by atoms with van der Waals surface area (Å²) in [7, 11) is 1.62. The van der Waals surface area contributed by atoms with Gasteiger partial charge < -0.3 is 9.15 Å². The van der Waals surface area contributed by atoms with Crippen molar-refractivity contribution in [3.05, 3.63) is 78.4 Å². The molecule has 23 heavy (non-hydrogen) atoms. The number of ether oxygens (including phenoxy) is 1. The van der Waals surface area contributed by atoms with Crippen molar-refractivity contribution < 1.29 is 13.9 Å². The van der Waals surface area contributed by atoms with E-state index < -0.39 is 0 Å². The molecule has 3 aromatic rings. The Kier molecular flexibility index (Phi) is 4.38. The number of aromatic nitrogens is 1. The summed E-state index contributed by atoms with van der Waals surface area (Å²) in [4.78, 5) is 18.6. The lowest BCUT2D eigenvalue weighted by Crippen LogP contribution is -2.30. The SMILES string of the molecule is COc1ccc(CN(C(=O)c2ccco2)c2ccccn2)cc1. The highest BCUT2D eigenvalue weighted by molar-refractivity contribution is 6.03. The summed E-state index contributed by atoms with van der Waals surface area (Å²) in [5.74, 6) is 1.40. The van der Waals surface area contributed by atoms with Crippen LogP contribution in [0.5, 0.6) is 5.75 Å². The van der Waals surface area contributed by atoms with Crippen molar-refractivity contribution in [1.29, 1.82) is 0 Å². The molecule has 0 aliphatic heterocycles. The Balaban J connectivity index is 1.90. The third kappa shape index (κ3) is 3.40. The number of anilines is 1. The molecule has 2 heterocycles. The van der Waals surface area contributed by atoms with Crippen LogP contribution in [0.25, 0.3) is 0 Å². The number of nitrogens with zero attached hydrogens (tertiary/aromatic N) is 2. The standard InChI is InChI=1S/C18H16N2O3/c1-22-15-9-7-14(8-10-15)13-20(17-6-2-3-11-19-17)18(21)16-5-4-12-23-16/h2-12H,13H2,1H3. The topological polar surface area (TPSA) is 55.6 Å². The molecule has 5 nitrogen and oxygen atoms in total. The van der Waals surface area contributed by atoms with Crippen molar-refractivity contribution in [1.82, 2.24) is 4.98 Å². The molecule has 0 saturated heterocycles. The second kappa shape index (κ2) is 6.79. The van der Waals surface area contributed by atoms with E-state index in [1.165, 1.54) is 6.26 Å². The van der Waals surface area contributed by atoms with Crippen molar-refractivity contribution in [3.63, 3.8) is 0 Å². The predicted octanol–water partition coefficient (Wildman–Crippen LogP) is 3.53. The Morgan fingerprint density at radius 1 is 1.13 bits per heavy atom. The quantitative estimate of drug-likeness (QED) is 0.723. The molecular weight excluding hydrogens is 292 g/mol. The third-order valence-corrected chi connectivity index (χ3v) is 3.40. The number of pyridine rings is 1. The fourth-order valence-electron chi connectivity index (χ4n) is 2.22. The Morgan fingerprint density at radius 3 is 2.57 bits per heavy atom. The number of benzene rings is 1. The van der Waals surface area contributed by atoms with Crippen LogP contribution in [0, 0.1) is 0 Å². The normalized spacial score (nSPS) is 10.3. The number of furan rings is 1. The van der Waals surface area contributed by atoms with Crippen LogP contribution < -0.4 is 9.64 Å². The Bertz CT molecular complexity index is 753. The summed E-state index contributed by atoms with van der Waals surface area (Å²) < 4.78 is 10.4. The van der Waals surface area contributed by atoms with Gasteiger partial charge in [0, 0.05) is 6.20 Å². The van der Waals surface area contributed by atoms with E-state index in [0.29, 0.717) is 12.4 Å². The smallest absolute Gasteiger partial charge is 0.295 e. The average Bonchev–Trinajstić information content (AvgIpc) is 3.15. The molecule has 0 N–H and O–H groups in total. The Hall–Kier alpha value is -3.08. The van der Waals surface area contributed by atoms with Gasteiger partial charge in [-0.25, -0.2) is 4.98 Å². The number of methoxy groups -OCH3 is 1. The Morgan fingerprint density at radius 2 is 1.96 bits per heavy atom. The molecule has 0 bridgehead atoms. The molecule has 0 saturated carbocycles. The second-order valence-corrected chi connectivity index (χ2v) is 4.90. The van der Waals surface area contributed by atoms with Gasteiger partial charge in [0.25, 0.3) is 5.91 Å². The van der Waals surface area contributed by atoms with Crippen LogP contribution in [-0.2, 0) is 6.54 Å². The predicted molar refractivity (Wildman–Crippen MR) is 86.5 cm³/mol. The van der Waals surface area contributed by atoms with Gasteiger partial charge in [0.1, 0.15) is 11.6 Å². The second-order valence-electron chi connectivity index (χ2n) is 4.90. The van der Waals surface area contributed by atoms with Crippen LogP contribution in [0.4, 0.5) is 5.82 Å². The highest BCUT2D eigenvalue weighted by Gasteiger charge is 2.21. The summed E-state index contributed by atoms with van der Waals surface area (Å²) >= 11 is 0. The van der Waals surface area contributed by atoms with Crippen molar-refractivity contribution in [3.8, 4) is 5.75 Å². The molecule has 5 heteroatoms. The van der Waals surface area contributed by atoms with E-state index in [-0.39, 0.29) is 11.7 Å². The maximum absolute atomic E-state index is 12.7. The van der Waals surface area contributed by atoms with Gasteiger partial charge >= 0.3 is 0 Å². The van der Waals surface area contributed by atoms with Gasteiger partial charge in [-0.3, -0.25) is 9.69 Å². The van der Waals surface area contributed by atoms with E-state index in [9.17, 15) is 4.79 Å². The van der Waals surface area contributed by atoms with Crippen LogP contribution >= 0.6 is 0 Å². The zero-order chi connectivity index (χ0) is 16.1. The highest BCUT2D eigenvalue weighted by atomic mass is 16.5. The number of hydrogen-bond donors (Lipinski definition) is 0. The fraction of sp³-hybridized carbons (Fsp3) is 0.111. The van der Waals surface area contributed by atoms with Gasteiger partial charge in [-0.05, 0) is 42.0 Å². The molecule has 3 rings (SSSR count). The van der Waals surface area contributed by atoms with Crippen molar-refractivity contribution in [2.45, 2.75) is 6.54 Å². The minimum Gasteiger partial charge on any atom is -0.497 e. The fourth-order valence-corrected chi connectivity index (χ4v) is 2.22. The lowest BCUT2D eigenvalue weighted by atomic mass is 10.2. The largest absolute Gasteiger partial charge is 0.497 e. The molecule has 0 fully saturated rings. The van der Waals surface area contributed by atoms with Crippen LogP contribution in [-0.4, -0.2) is 18.0 Å². The lowest BCUT2D eigenvalue weighted by molar-refractivity contribution is 0.0957. The van der Waals surface area contributed by atoms with E-state index in [1.807, 2.05) is 36.4 Å². The number of rotatable bonds is 5. The number of hydrogen-bond acceptors (Lipinski definition) is 4. The zero-order valence-electron chi connectivity index (χ0n) is 12.7. The Labute approximate surface area is 134 Å². The average molecular weight is 308 g/mol. The van der Waals surface area contributed by atoms with Gasteiger partial charge in [0.05, 0.1) is 19.9 Å². The van der Waals surface area contributed by atoms with E-state index in [4.69, 9.17) is 9.15 Å². The number of carbonyl (C=O) groups is 1. The maximum Gasteiger partial charge on any atom is 0.295 e. The minimum absolute atomic E-state index is 0.232. The highest BCUT2D eigenvalue weighted by Crippen LogP contribution is 2.19.